The number of carbonyl (C=O) groups excluding carboxylic acids is 1. The molecule has 6 heteroatoms. The molecular weight excluding hydrogens is 288 g/mol. The maximum Gasteiger partial charge on any atom is 0.315 e. The van der Waals surface area contributed by atoms with Gasteiger partial charge in [-0.3, -0.25) is 4.79 Å². The lowest BCUT2D eigenvalue weighted by molar-refractivity contribution is -0.142. The van der Waals surface area contributed by atoms with Crippen molar-refractivity contribution in [3.05, 3.63) is 0 Å². The van der Waals surface area contributed by atoms with Gasteiger partial charge in [0.15, 0.2) is 0 Å². The first-order valence-electron chi connectivity index (χ1n) is 7.50. The molecule has 5 nitrogen and oxygen atoms in total. The van der Waals surface area contributed by atoms with Gasteiger partial charge in [-0.2, -0.15) is 11.8 Å². The van der Waals surface area contributed by atoms with Crippen molar-refractivity contribution < 1.29 is 14.7 Å². The van der Waals surface area contributed by atoms with Gasteiger partial charge in [-0.1, -0.05) is 27.7 Å². The van der Waals surface area contributed by atoms with Crippen LogP contribution in [0.3, 0.4) is 0 Å². The molecule has 0 radical (unpaired) electrons. The van der Waals surface area contributed by atoms with Crippen LogP contribution in [-0.4, -0.2) is 41.2 Å². The van der Waals surface area contributed by atoms with Crippen LogP contribution in [0.1, 0.15) is 47.5 Å². The number of thioether (sulfide) groups is 1. The Kier molecular flexibility index (Phi) is 9.49. The number of carboxylic acid groups (broad SMARTS) is 1. The fourth-order valence-corrected chi connectivity index (χ4v) is 2.76. The largest absolute Gasteiger partial charge is 0.481 e. The van der Waals surface area contributed by atoms with Gasteiger partial charge in [0, 0.05) is 12.6 Å². The van der Waals surface area contributed by atoms with E-state index in [0.717, 1.165) is 17.9 Å². The van der Waals surface area contributed by atoms with Crippen molar-refractivity contribution in [3.63, 3.8) is 0 Å². The van der Waals surface area contributed by atoms with Crippen LogP contribution in [0.15, 0.2) is 0 Å². The zero-order valence-corrected chi connectivity index (χ0v) is 14.7. The van der Waals surface area contributed by atoms with Gasteiger partial charge in [0.25, 0.3) is 0 Å². The first-order valence-corrected chi connectivity index (χ1v) is 8.66. The second-order valence-corrected chi connectivity index (χ2v) is 7.93. The van der Waals surface area contributed by atoms with Crippen LogP contribution in [0.5, 0.6) is 0 Å². The summed E-state index contributed by atoms with van der Waals surface area (Å²) in [6.45, 7) is 10.2. The summed E-state index contributed by atoms with van der Waals surface area (Å²) in [5.74, 6) is 0.672. The quantitative estimate of drug-likeness (QED) is 0.571. The number of aliphatic carboxylic acids is 1. The average molecular weight is 318 g/mol. The SMILES string of the molecule is CCSCCC(C)NC(=O)NCC(CC(C)(C)C)C(=O)O. The number of hydrogen-bond donors (Lipinski definition) is 3. The predicted octanol–water partition coefficient (Wildman–Crippen LogP) is 2.95. The number of rotatable bonds is 9. The molecule has 3 N–H and O–H groups in total. The number of carbonyl (C=O) groups is 2. The molecular formula is C15H30N2O3S. The van der Waals surface area contributed by atoms with Crippen LogP contribution < -0.4 is 10.6 Å². The summed E-state index contributed by atoms with van der Waals surface area (Å²) >= 11 is 1.84. The van der Waals surface area contributed by atoms with E-state index in [1.54, 1.807) is 0 Å². The van der Waals surface area contributed by atoms with E-state index in [0.29, 0.717) is 6.42 Å². The molecule has 2 unspecified atom stereocenters. The van der Waals surface area contributed by atoms with Gasteiger partial charge in [0.05, 0.1) is 5.92 Å². The molecule has 0 saturated carbocycles. The summed E-state index contributed by atoms with van der Waals surface area (Å²) in [7, 11) is 0. The van der Waals surface area contributed by atoms with Gasteiger partial charge < -0.3 is 15.7 Å². The highest BCUT2D eigenvalue weighted by Gasteiger charge is 2.25. The summed E-state index contributed by atoms with van der Waals surface area (Å²) in [4.78, 5) is 23.0. The molecule has 0 spiro atoms. The number of amides is 2. The summed E-state index contributed by atoms with van der Waals surface area (Å²) in [5.41, 5.74) is -0.0775. The molecule has 0 heterocycles. The van der Waals surface area contributed by atoms with Gasteiger partial charge in [-0.05, 0) is 36.7 Å². The van der Waals surface area contributed by atoms with Crippen LogP contribution in [0.25, 0.3) is 0 Å². The van der Waals surface area contributed by atoms with E-state index in [-0.39, 0.29) is 24.0 Å². The number of hydrogen-bond acceptors (Lipinski definition) is 3. The van der Waals surface area contributed by atoms with E-state index in [1.807, 2.05) is 39.5 Å². The Morgan fingerprint density at radius 2 is 1.90 bits per heavy atom. The Hall–Kier alpha value is -0.910. The third kappa shape index (κ3) is 11.4. The lowest BCUT2D eigenvalue weighted by Crippen LogP contribution is -2.44. The molecule has 0 aliphatic heterocycles. The Bertz CT molecular complexity index is 329. The van der Waals surface area contributed by atoms with Crippen molar-refractivity contribution in [2.24, 2.45) is 11.3 Å². The normalized spacial score (nSPS) is 14.3. The van der Waals surface area contributed by atoms with Crippen LogP contribution in [0.2, 0.25) is 0 Å². The highest BCUT2D eigenvalue weighted by Crippen LogP contribution is 2.24. The number of urea groups is 1. The average Bonchev–Trinajstić information content (AvgIpc) is 2.33. The van der Waals surface area contributed by atoms with Crippen molar-refractivity contribution in [2.75, 3.05) is 18.1 Å². The van der Waals surface area contributed by atoms with Gasteiger partial charge >= 0.3 is 12.0 Å². The molecule has 2 atom stereocenters. The monoisotopic (exact) mass is 318 g/mol. The molecule has 0 rings (SSSR count). The summed E-state index contributed by atoms with van der Waals surface area (Å²) in [6.07, 6.45) is 1.45. The minimum Gasteiger partial charge on any atom is -0.481 e. The first-order chi connectivity index (χ1) is 9.65. The third-order valence-electron chi connectivity index (χ3n) is 2.99. The van der Waals surface area contributed by atoms with Gasteiger partial charge in [-0.15, -0.1) is 0 Å². The molecule has 0 aromatic carbocycles. The lowest BCUT2D eigenvalue weighted by Gasteiger charge is -2.23. The van der Waals surface area contributed by atoms with Crippen molar-refractivity contribution in [3.8, 4) is 0 Å². The fraction of sp³-hybridized carbons (Fsp3) is 0.867. The number of nitrogens with one attached hydrogen (secondary N) is 2. The Morgan fingerprint density at radius 3 is 2.38 bits per heavy atom. The van der Waals surface area contributed by atoms with E-state index >= 15 is 0 Å². The topological polar surface area (TPSA) is 78.4 Å². The molecule has 2 amide bonds. The van der Waals surface area contributed by atoms with Crippen LogP contribution in [0, 0.1) is 11.3 Å². The maximum absolute atomic E-state index is 11.8. The smallest absolute Gasteiger partial charge is 0.315 e. The fourth-order valence-electron chi connectivity index (χ4n) is 1.95. The zero-order valence-electron chi connectivity index (χ0n) is 13.9. The van der Waals surface area contributed by atoms with E-state index in [4.69, 9.17) is 0 Å². The molecule has 0 fully saturated rings. The molecule has 0 bridgehead atoms. The van der Waals surface area contributed by atoms with Crippen molar-refractivity contribution in [1.29, 1.82) is 0 Å². The van der Waals surface area contributed by atoms with E-state index < -0.39 is 11.9 Å². The van der Waals surface area contributed by atoms with Crippen LogP contribution >= 0.6 is 11.8 Å². The minimum absolute atomic E-state index is 0.0775. The van der Waals surface area contributed by atoms with E-state index in [1.165, 1.54) is 0 Å². The highest BCUT2D eigenvalue weighted by molar-refractivity contribution is 7.99. The Labute approximate surface area is 132 Å². The summed E-state index contributed by atoms with van der Waals surface area (Å²) in [5, 5.41) is 14.7. The minimum atomic E-state index is -0.863. The van der Waals surface area contributed by atoms with Crippen molar-refractivity contribution in [2.45, 2.75) is 53.5 Å². The zero-order chi connectivity index (χ0) is 16.5. The molecule has 124 valence electrons. The predicted molar refractivity (Wildman–Crippen MR) is 88.8 cm³/mol. The molecule has 0 aliphatic carbocycles. The van der Waals surface area contributed by atoms with Crippen molar-refractivity contribution in [1.82, 2.24) is 10.6 Å². The second-order valence-electron chi connectivity index (χ2n) is 6.54. The van der Waals surface area contributed by atoms with E-state index in [9.17, 15) is 14.7 Å². The Balaban J connectivity index is 4.10. The third-order valence-corrected chi connectivity index (χ3v) is 3.93. The Morgan fingerprint density at radius 1 is 1.29 bits per heavy atom. The lowest BCUT2D eigenvalue weighted by atomic mass is 9.84. The van der Waals surface area contributed by atoms with Gasteiger partial charge in [0.1, 0.15) is 0 Å². The van der Waals surface area contributed by atoms with E-state index in [2.05, 4.69) is 17.6 Å². The maximum atomic E-state index is 11.8. The summed E-state index contributed by atoms with van der Waals surface area (Å²) in [6, 6.07) is -0.195. The molecule has 0 aliphatic rings. The second kappa shape index (κ2) is 9.92. The standard InChI is InChI=1S/C15H30N2O3S/c1-6-21-8-7-11(2)17-14(20)16-10-12(13(18)19)9-15(3,4)5/h11-12H,6-10H2,1-5H3,(H,18,19)(H2,16,17,20). The van der Waals surface area contributed by atoms with Crippen LogP contribution in [0.4, 0.5) is 4.79 Å². The molecule has 0 aromatic rings. The van der Waals surface area contributed by atoms with Gasteiger partial charge in [-0.25, -0.2) is 4.79 Å². The van der Waals surface area contributed by atoms with Crippen molar-refractivity contribution >= 4 is 23.8 Å². The summed E-state index contributed by atoms with van der Waals surface area (Å²) < 4.78 is 0. The first kappa shape index (κ1) is 20.1. The molecule has 0 saturated heterocycles. The molecule has 21 heavy (non-hydrogen) atoms. The number of carboxylic acids is 1. The molecule has 0 aromatic heterocycles. The highest BCUT2D eigenvalue weighted by atomic mass is 32.2. The van der Waals surface area contributed by atoms with Crippen LogP contribution in [-0.2, 0) is 4.79 Å². The van der Waals surface area contributed by atoms with Gasteiger partial charge in [0.2, 0.25) is 0 Å².